The Morgan fingerprint density at radius 2 is 1.66 bits per heavy atom. The van der Waals surface area contributed by atoms with Crippen LogP contribution in [0.3, 0.4) is 0 Å². The molecule has 29 heavy (non-hydrogen) atoms. The molecule has 0 spiro atoms. The number of amides is 1. The third-order valence-electron chi connectivity index (χ3n) is 5.29. The fraction of sp³-hybridized carbons (Fsp3) is 0.500. The second-order valence-corrected chi connectivity index (χ2v) is 7.46. The van der Waals surface area contributed by atoms with Crippen molar-refractivity contribution >= 4 is 11.6 Å². The summed E-state index contributed by atoms with van der Waals surface area (Å²) in [6, 6.07) is 5.30. The van der Waals surface area contributed by atoms with Gasteiger partial charge in [0, 0.05) is 39.8 Å². The number of nitrogens with zero attached hydrogens (tertiary/aromatic N) is 4. The van der Waals surface area contributed by atoms with Crippen LogP contribution in [0, 0.1) is 13.8 Å². The molecule has 0 atom stereocenters. The molecule has 1 aromatic heterocycles. The van der Waals surface area contributed by atoms with Gasteiger partial charge >= 0.3 is 6.18 Å². The number of aryl methyl sites for hydroxylation is 2. The van der Waals surface area contributed by atoms with Crippen LogP contribution in [0.2, 0.25) is 0 Å². The van der Waals surface area contributed by atoms with Gasteiger partial charge in [0.1, 0.15) is 0 Å². The summed E-state index contributed by atoms with van der Waals surface area (Å²) in [6.45, 7) is 7.68. The van der Waals surface area contributed by atoms with E-state index in [-0.39, 0.29) is 5.91 Å². The predicted molar refractivity (Wildman–Crippen MR) is 104 cm³/mol. The first-order valence-corrected chi connectivity index (χ1v) is 9.54. The minimum Gasteiger partial charge on any atom is -0.322 e. The van der Waals surface area contributed by atoms with Crippen molar-refractivity contribution in [3.63, 3.8) is 0 Å². The van der Waals surface area contributed by atoms with Crippen LogP contribution in [0.1, 0.15) is 22.5 Å². The zero-order valence-electron chi connectivity index (χ0n) is 16.9. The van der Waals surface area contributed by atoms with Crippen molar-refractivity contribution in [1.29, 1.82) is 0 Å². The van der Waals surface area contributed by atoms with Crippen LogP contribution in [0.15, 0.2) is 24.3 Å². The number of hydrogen-bond donors (Lipinski definition) is 1. The van der Waals surface area contributed by atoms with E-state index in [0.717, 1.165) is 61.0 Å². The summed E-state index contributed by atoms with van der Waals surface area (Å²) in [5, 5.41) is 7.24. The largest absolute Gasteiger partial charge is 0.416 e. The lowest BCUT2D eigenvalue weighted by Gasteiger charge is -2.34. The van der Waals surface area contributed by atoms with Gasteiger partial charge in [0.2, 0.25) is 5.91 Å². The van der Waals surface area contributed by atoms with Crippen LogP contribution in [-0.4, -0.2) is 58.2 Å². The van der Waals surface area contributed by atoms with Gasteiger partial charge in [0.25, 0.3) is 0 Å². The Bertz CT molecular complexity index is 852. The van der Waals surface area contributed by atoms with Gasteiger partial charge in [-0.1, -0.05) is 12.1 Å². The number of aromatic nitrogens is 2. The molecule has 0 aliphatic carbocycles. The van der Waals surface area contributed by atoms with Gasteiger partial charge in [-0.3, -0.25) is 19.3 Å². The molecule has 158 valence electrons. The highest BCUT2D eigenvalue weighted by molar-refractivity contribution is 5.93. The number of piperazine rings is 1. The summed E-state index contributed by atoms with van der Waals surface area (Å²) in [7, 11) is 1.84. The van der Waals surface area contributed by atoms with Crippen molar-refractivity contribution < 1.29 is 18.0 Å². The molecular weight excluding hydrogens is 383 g/mol. The maximum Gasteiger partial charge on any atom is 0.416 e. The maximum absolute atomic E-state index is 12.7. The first-order valence-electron chi connectivity index (χ1n) is 9.54. The summed E-state index contributed by atoms with van der Waals surface area (Å²) >= 11 is 0. The number of rotatable bonds is 5. The number of hydrogen-bond acceptors (Lipinski definition) is 4. The van der Waals surface area contributed by atoms with Gasteiger partial charge in [-0.2, -0.15) is 18.3 Å². The molecule has 6 nitrogen and oxygen atoms in total. The monoisotopic (exact) mass is 409 g/mol. The molecule has 1 aromatic carbocycles. The zero-order chi connectivity index (χ0) is 21.2. The predicted octanol–water partition coefficient (Wildman–Crippen LogP) is 2.81. The Kier molecular flexibility index (Phi) is 6.28. The minimum atomic E-state index is -4.31. The van der Waals surface area contributed by atoms with Crippen molar-refractivity contribution in [1.82, 2.24) is 19.6 Å². The van der Waals surface area contributed by atoms with Gasteiger partial charge in [-0.05, 0) is 31.5 Å². The van der Waals surface area contributed by atoms with Crippen LogP contribution in [0.5, 0.6) is 0 Å². The number of benzene rings is 1. The molecule has 0 unspecified atom stereocenters. The van der Waals surface area contributed by atoms with Gasteiger partial charge in [0.05, 0.1) is 29.2 Å². The minimum absolute atomic E-state index is 0.0691. The Morgan fingerprint density at radius 1 is 1.07 bits per heavy atom. The number of anilines is 1. The lowest BCUT2D eigenvalue weighted by atomic mass is 10.1. The Balaban J connectivity index is 1.46. The first-order chi connectivity index (χ1) is 13.6. The van der Waals surface area contributed by atoms with E-state index in [4.69, 9.17) is 0 Å². The van der Waals surface area contributed by atoms with E-state index in [1.54, 1.807) is 4.68 Å². The standard InChI is InChI=1S/C20H26F3N5O/c1-14-19(15(2)26(3)25-14)24-18(29)13-28-10-8-27(9-11-28)12-16-4-6-17(7-5-16)20(21,22)23/h4-7H,8-13H2,1-3H3,(H,24,29). The van der Waals surface area contributed by atoms with Crippen LogP contribution in [0.4, 0.5) is 18.9 Å². The number of nitrogens with one attached hydrogen (secondary N) is 1. The molecule has 9 heteroatoms. The van der Waals surface area contributed by atoms with Crippen molar-refractivity contribution in [3.8, 4) is 0 Å². The molecule has 1 aliphatic rings. The van der Waals surface area contributed by atoms with E-state index in [9.17, 15) is 18.0 Å². The molecule has 1 fully saturated rings. The Labute approximate surface area is 168 Å². The second-order valence-electron chi connectivity index (χ2n) is 7.46. The average Bonchev–Trinajstić information content (AvgIpc) is 2.89. The molecule has 1 aliphatic heterocycles. The average molecular weight is 409 g/mol. The molecule has 3 rings (SSSR count). The lowest BCUT2D eigenvalue weighted by molar-refractivity contribution is -0.137. The number of alkyl halides is 3. The number of carbonyl (C=O) groups is 1. The summed E-state index contributed by atoms with van der Waals surface area (Å²) in [6.07, 6.45) is -4.31. The molecule has 0 bridgehead atoms. The molecule has 1 saturated heterocycles. The highest BCUT2D eigenvalue weighted by atomic mass is 19.4. The van der Waals surface area contributed by atoms with Gasteiger partial charge in [-0.15, -0.1) is 0 Å². The van der Waals surface area contributed by atoms with Crippen LogP contribution >= 0.6 is 0 Å². The highest BCUT2D eigenvalue weighted by Crippen LogP contribution is 2.29. The normalized spacial score (nSPS) is 16.2. The van der Waals surface area contributed by atoms with E-state index in [0.29, 0.717) is 13.1 Å². The van der Waals surface area contributed by atoms with Gasteiger partial charge < -0.3 is 5.32 Å². The molecule has 0 saturated carbocycles. The van der Waals surface area contributed by atoms with Crippen LogP contribution in [-0.2, 0) is 24.6 Å². The first kappa shape index (κ1) is 21.3. The van der Waals surface area contributed by atoms with Crippen molar-refractivity contribution in [2.24, 2.45) is 7.05 Å². The zero-order valence-corrected chi connectivity index (χ0v) is 16.9. The van der Waals surface area contributed by atoms with E-state index < -0.39 is 11.7 Å². The fourth-order valence-electron chi connectivity index (χ4n) is 3.50. The lowest BCUT2D eigenvalue weighted by Crippen LogP contribution is -2.48. The van der Waals surface area contributed by atoms with E-state index >= 15 is 0 Å². The smallest absolute Gasteiger partial charge is 0.322 e. The second kappa shape index (κ2) is 8.54. The molecule has 1 N–H and O–H groups in total. The van der Waals surface area contributed by atoms with Crippen molar-refractivity contribution in [3.05, 3.63) is 46.8 Å². The molecule has 2 aromatic rings. The number of halogens is 3. The highest BCUT2D eigenvalue weighted by Gasteiger charge is 2.30. The van der Waals surface area contributed by atoms with E-state index in [1.165, 1.54) is 12.1 Å². The summed E-state index contributed by atoms with van der Waals surface area (Å²) in [4.78, 5) is 16.7. The quantitative estimate of drug-likeness (QED) is 0.825. The van der Waals surface area contributed by atoms with Crippen LogP contribution < -0.4 is 5.32 Å². The molecular formula is C20H26F3N5O. The van der Waals surface area contributed by atoms with E-state index in [2.05, 4.69) is 20.2 Å². The van der Waals surface area contributed by atoms with Gasteiger partial charge in [-0.25, -0.2) is 0 Å². The summed E-state index contributed by atoms with van der Waals surface area (Å²) < 4.78 is 39.7. The number of carbonyl (C=O) groups excluding carboxylic acids is 1. The SMILES string of the molecule is Cc1nn(C)c(C)c1NC(=O)CN1CCN(Cc2ccc(C(F)(F)F)cc2)CC1. The maximum atomic E-state index is 12.7. The Morgan fingerprint density at radius 3 is 2.17 bits per heavy atom. The topological polar surface area (TPSA) is 53.4 Å². The van der Waals surface area contributed by atoms with E-state index in [1.807, 2.05) is 20.9 Å². The van der Waals surface area contributed by atoms with Crippen LogP contribution in [0.25, 0.3) is 0 Å². The fourth-order valence-corrected chi connectivity index (χ4v) is 3.50. The van der Waals surface area contributed by atoms with Crippen molar-refractivity contribution in [2.45, 2.75) is 26.6 Å². The van der Waals surface area contributed by atoms with Crippen molar-refractivity contribution in [2.75, 3.05) is 38.0 Å². The summed E-state index contributed by atoms with van der Waals surface area (Å²) in [5.74, 6) is -0.0691. The molecule has 1 amide bonds. The summed E-state index contributed by atoms with van der Waals surface area (Å²) in [5.41, 5.74) is 2.69. The molecule has 0 radical (unpaired) electrons. The van der Waals surface area contributed by atoms with Gasteiger partial charge in [0.15, 0.2) is 0 Å². The molecule has 2 heterocycles. The Hall–Kier alpha value is -2.39. The third-order valence-corrected chi connectivity index (χ3v) is 5.29. The third kappa shape index (κ3) is 5.36.